The van der Waals surface area contributed by atoms with Crippen molar-refractivity contribution in [2.75, 3.05) is 0 Å². The molecule has 0 saturated carbocycles. The number of benzene rings is 1. The van der Waals surface area contributed by atoms with Crippen LogP contribution in [0.2, 0.25) is 5.02 Å². The fourth-order valence-corrected chi connectivity index (χ4v) is 3.34. The van der Waals surface area contributed by atoms with Crippen molar-refractivity contribution in [2.24, 2.45) is 7.05 Å². The average Bonchev–Trinajstić information content (AvgIpc) is 2.86. The third kappa shape index (κ3) is 3.32. The number of aromatic nitrogens is 1. The zero-order valence-corrected chi connectivity index (χ0v) is 13.9. The number of carbonyl (C=O) groups excluding carboxylic acids is 1. The van der Waals surface area contributed by atoms with Crippen molar-refractivity contribution in [3.63, 3.8) is 0 Å². The maximum absolute atomic E-state index is 12.3. The average molecular weight is 342 g/mol. The van der Waals surface area contributed by atoms with Gasteiger partial charge in [0.2, 0.25) is 0 Å². The van der Waals surface area contributed by atoms with Gasteiger partial charge in [-0.15, -0.1) is 4.83 Å². The maximum Gasteiger partial charge on any atom is 0.282 e. The van der Waals surface area contributed by atoms with Crippen molar-refractivity contribution in [3.05, 3.63) is 52.3 Å². The van der Waals surface area contributed by atoms with Crippen molar-refractivity contribution >= 4 is 27.5 Å². The number of amides is 1. The van der Waals surface area contributed by atoms with Crippen LogP contribution < -0.4 is 10.3 Å². The Hall–Kier alpha value is -1.83. The standard InChI is InChI=1S/C14H16ClN3O3S/c1-9-8-13(10(2)7-11(9)15)22(20,21)17-16-14(19)12-5-4-6-18(12)3/h4-8,17H,1-3H3,(H,16,19). The molecule has 1 amide bonds. The van der Waals surface area contributed by atoms with Gasteiger partial charge in [-0.2, -0.15) is 0 Å². The summed E-state index contributed by atoms with van der Waals surface area (Å²) in [5, 5.41) is 0.490. The number of nitrogens with zero attached hydrogens (tertiary/aromatic N) is 1. The number of hydrazine groups is 1. The van der Waals surface area contributed by atoms with E-state index in [1.807, 2.05) is 0 Å². The summed E-state index contributed by atoms with van der Waals surface area (Å²) in [6.45, 7) is 3.35. The van der Waals surface area contributed by atoms with Gasteiger partial charge in [-0.1, -0.05) is 11.6 Å². The largest absolute Gasteiger partial charge is 0.347 e. The Morgan fingerprint density at radius 3 is 2.50 bits per heavy atom. The molecule has 0 fully saturated rings. The fourth-order valence-electron chi connectivity index (χ4n) is 1.97. The van der Waals surface area contributed by atoms with Gasteiger partial charge in [-0.05, 0) is 49.2 Å². The molecular formula is C14H16ClN3O3S. The number of hydrogen-bond acceptors (Lipinski definition) is 3. The number of carbonyl (C=O) groups is 1. The lowest BCUT2D eigenvalue weighted by Crippen LogP contribution is -2.42. The second-order valence-corrected chi connectivity index (χ2v) is 6.99. The first-order chi connectivity index (χ1) is 10.2. The number of nitrogens with one attached hydrogen (secondary N) is 2. The molecule has 0 unspecified atom stereocenters. The first-order valence-corrected chi connectivity index (χ1v) is 8.28. The van der Waals surface area contributed by atoms with Crippen molar-refractivity contribution in [3.8, 4) is 0 Å². The molecule has 0 spiro atoms. The number of aryl methyl sites for hydroxylation is 3. The van der Waals surface area contributed by atoms with Crippen LogP contribution in [-0.2, 0) is 17.1 Å². The molecule has 0 bridgehead atoms. The van der Waals surface area contributed by atoms with E-state index >= 15 is 0 Å². The molecule has 6 nitrogen and oxygen atoms in total. The maximum atomic E-state index is 12.3. The first-order valence-electron chi connectivity index (χ1n) is 6.42. The molecule has 1 aromatic carbocycles. The zero-order valence-electron chi connectivity index (χ0n) is 12.3. The minimum absolute atomic E-state index is 0.0709. The van der Waals surface area contributed by atoms with E-state index in [9.17, 15) is 13.2 Å². The third-order valence-electron chi connectivity index (χ3n) is 3.22. The molecule has 1 aromatic heterocycles. The van der Waals surface area contributed by atoms with Crippen LogP contribution in [0.15, 0.2) is 35.4 Å². The summed E-state index contributed by atoms with van der Waals surface area (Å²) in [6.07, 6.45) is 1.69. The Bertz CT molecular complexity index is 828. The van der Waals surface area contributed by atoms with Crippen molar-refractivity contribution in [1.29, 1.82) is 0 Å². The van der Waals surface area contributed by atoms with E-state index in [0.717, 1.165) is 0 Å². The number of rotatable bonds is 4. The molecule has 0 aliphatic carbocycles. The van der Waals surface area contributed by atoms with E-state index < -0.39 is 15.9 Å². The highest BCUT2D eigenvalue weighted by molar-refractivity contribution is 7.89. The van der Waals surface area contributed by atoms with Crippen LogP contribution in [0.3, 0.4) is 0 Å². The summed E-state index contributed by atoms with van der Waals surface area (Å²) < 4.78 is 26.2. The monoisotopic (exact) mass is 341 g/mol. The van der Waals surface area contributed by atoms with Crippen LogP contribution in [0, 0.1) is 13.8 Å². The van der Waals surface area contributed by atoms with Gasteiger partial charge in [0.05, 0.1) is 4.90 Å². The molecule has 0 atom stereocenters. The van der Waals surface area contributed by atoms with Crippen LogP contribution in [0.5, 0.6) is 0 Å². The van der Waals surface area contributed by atoms with Gasteiger partial charge in [0.25, 0.3) is 15.9 Å². The Morgan fingerprint density at radius 2 is 1.91 bits per heavy atom. The summed E-state index contributed by atoms with van der Waals surface area (Å²) in [5.41, 5.74) is 3.67. The molecule has 0 aliphatic heterocycles. The van der Waals surface area contributed by atoms with E-state index in [0.29, 0.717) is 21.8 Å². The molecule has 0 saturated heterocycles. The first kappa shape index (κ1) is 16.5. The zero-order chi connectivity index (χ0) is 16.5. The molecule has 0 aliphatic rings. The van der Waals surface area contributed by atoms with Gasteiger partial charge in [0.1, 0.15) is 5.69 Å². The summed E-state index contributed by atoms with van der Waals surface area (Å²) in [6, 6.07) is 6.32. The Labute approximate surface area is 134 Å². The molecule has 118 valence electrons. The SMILES string of the molecule is Cc1cc(S(=O)(=O)NNC(=O)c2cccn2C)c(C)cc1Cl. The van der Waals surface area contributed by atoms with Gasteiger partial charge >= 0.3 is 0 Å². The van der Waals surface area contributed by atoms with Crippen molar-refractivity contribution in [2.45, 2.75) is 18.7 Å². The van der Waals surface area contributed by atoms with Gasteiger partial charge in [0.15, 0.2) is 0 Å². The van der Waals surface area contributed by atoms with Crippen LogP contribution in [0.25, 0.3) is 0 Å². The third-order valence-corrected chi connectivity index (χ3v) is 5.02. The molecule has 1 heterocycles. The molecule has 22 heavy (non-hydrogen) atoms. The molecule has 2 rings (SSSR count). The van der Waals surface area contributed by atoms with E-state index in [1.165, 1.54) is 6.07 Å². The van der Waals surface area contributed by atoms with Gasteiger partial charge in [-0.25, -0.2) is 8.42 Å². The number of hydrogen-bond donors (Lipinski definition) is 2. The molecule has 2 aromatic rings. The topological polar surface area (TPSA) is 80.2 Å². The van der Waals surface area contributed by atoms with Crippen LogP contribution in [-0.4, -0.2) is 18.9 Å². The molecule has 0 radical (unpaired) electrons. The molecular weight excluding hydrogens is 326 g/mol. The number of sulfonamides is 1. The smallest absolute Gasteiger partial charge is 0.282 e. The van der Waals surface area contributed by atoms with E-state index in [2.05, 4.69) is 10.3 Å². The second kappa shape index (κ2) is 6.12. The lowest BCUT2D eigenvalue weighted by atomic mass is 10.2. The quantitative estimate of drug-likeness (QED) is 0.834. The van der Waals surface area contributed by atoms with E-state index in [1.54, 1.807) is 49.9 Å². The second-order valence-electron chi connectivity index (χ2n) is 4.93. The highest BCUT2D eigenvalue weighted by atomic mass is 35.5. The van der Waals surface area contributed by atoms with Crippen LogP contribution >= 0.6 is 11.6 Å². The Morgan fingerprint density at radius 1 is 1.23 bits per heavy atom. The van der Waals surface area contributed by atoms with Gasteiger partial charge in [-0.3, -0.25) is 10.2 Å². The molecule has 8 heteroatoms. The van der Waals surface area contributed by atoms with Crippen molar-refractivity contribution < 1.29 is 13.2 Å². The lowest BCUT2D eigenvalue weighted by molar-refractivity contribution is 0.0937. The Balaban J connectivity index is 2.20. The minimum Gasteiger partial charge on any atom is -0.347 e. The summed E-state index contributed by atoms with van der Waals surface area (Å²) >= 11 is 5.96. The predicted molar refractivity (Wildman–Crippen MR) is 84.1 cm³/mol. The van der Waals surface area contributed by atoms with E-state index in [-0.39, 0.29) is 4.90 Å². The number of halogens is 1. The van der Waals surface area contributed by atoms with Gasteiger partial charge in [0, 0.05) is 18.3 Å². The lowest BCUT2D eigenvalue weighted by Gasteiger charge is -2.12. The highest BCUT2D eigenvalue weighted by Crippen LogP contribution is 2.23. The summed E-state index contributed by atoms with van der Waals surface area (Å²) in [7, 11) is -2.19. The minimum atomic E-state index is -3.88. The predicted octanol–water partition coefficient (Wildman–Crippen LogP) is 1.92. The van der Waals surface area contributed by atoms with Crippen LogP contribution in [0.1, 0.15) is 21.6 Å². The molecule has 2 N–H and O–H groups in total. The summed E-state index contributed by atoms with van der Waals surface area (Å²) in [5.74, 6) is -0.542. The fraction of sp³-hybridized carbons (Fsp3) is 0.214. The van der Waals surface area contributed by atoms with Crippen LogP contribution in [0.4, 0.5) is 0 Å². The normalized spacial score (nSPS) is 11.5. The van der Waals surface area contributed by atoms with Gasteiger partial charge < -0.3 is 4.57 Å². The summed E-state index contributed by atoms with van der Waals surface area (Å²) in [4.78, 5) is 14.1. The highest BCUT2D eigenvalue weighted by Gasteiger charge is 2.20. The van der Waals surface area contributed by atoms with E-state index in [4.69, 9.17) is 11.6 Å². The van der Waals surface area contributed by atoms with Crippen molar-refractivity contribution in [1.82, 2.24) is 14.8 Å². The Kier molecular flexibility index (Phi) is 4.60.